The number of benzene rings is 1. The Balaban J connectivity index is 0.000000686. The lowest BCUT2D eigenvalue weighted by Gasteiger charge is -2.03. The van der Waals surface area contributed by atoms with E-state index in [1.54, 1.807) is 0 Å². The first-order valence-corrected chi connectivity index (χ1v) is 6.16. The smallest absolute Gasteiger partial charge is 0.286 e. The highest BCUT2D eigenvalue weighted by Crippen LogP contribution is 2.40. The number of rotatable bonds is 0. The maximum atomic E-state index is 13.1. The molecule has 2 rings (SSSR count). The standard InChI is InChI=1S/C9H5F3O2S.C2H6/c1-4-2-3-5(10)6-7(4)15(14)9(11,12)8(6)13;1-2/h2-3H,1H3;1-2H3. The topological polar surface area (TPSA) is 34.1 Å². The largest absolute Gasteiger partial charge is 0.387 e. The van der Waals surface area contributed by atoms with Gasteiger partial charge in [0.25, 0.3) is 0 Å². The van der Waals surface area contributed by atoms with E-state index in [2.05, 4.69) is 0 Å². The minimum absolute atomic E-state index is 0.232. The van der Waals surface area contributed by atoms with E-state index in [-0.39, 0.29) is 10.5 Å². The van der Waals surface area contributed by atoms with Crippen LogP contribution in [-0.2, 0) is 10.8 Å². The fourth-order valence-corrected chi connectivity index (χ4v) is 2.73. The first kappa shape index (κ1) is 13.9. The molecule has 1 unspecified atom stereocenters. The molecule has 1 aromatic carbocycles. The number of carbonyl (C=O) groups is 1. The number of carbonyl (C=O) groups excluding carboxylic acids is 1. The molecule has 0 amide bonds. The molecule has 0 spiro atoms. The summed E-state index contributed by atoms with van der Waals surface area (Å²) in [6.45, 7) is 5.41. The maximum Gasteiger partial charge on any atom is 0.387 e. The molecule has 94 valence electrons. The summed E-state index contributed by atoms with van der Waals surface area (Å²) in [5.41, 5.74) is -0.506. The predicted octanol–water partition coefficient (Wildman–Crippen LogP) is 3.06. The van der Waals surface area contributed by atoms with Gasteiger partial charge < -0.3 is 0 Å². The Morgan fingerprint density at radius 2 is 1.76 bits per heavy atom. The van der Waals surface area contributed by atoms with E-state index in [1.165, 1.54) is 13.0 Å². The van der Waals surface area contributed by atoms with Gasteiger partial charge in [-0.3, -0.25) is 4.79 Å². The van der Waals surface area contributed by atoms with Crippen LogP contribution in [0.15, 0.2) is 17.0 Å². The van der Waals surface area contributed by atoms with Gasteiger partial charge in [-0.05, 0) is 18.6 Å². The zero-order chi connectivity index (χ0) is 13.4. The third-order valence-electron chi connectivity index (χ3n) is 2.21. The molecular weight excluding hydrogens is 253 g/mol. The molecule has 0 aromatic heterocycles. The summed E-state index contributed by atoms with van der Waals surface area (Å²) in [6.07, 6.45) is 0. The molecule has 0 saturated heterocycles. The van der Waals surface area contributed by atoms with Crippen molar-refractivity contribution < 1.29 is 22.2 Å². The van der Waals surface area contributed by atoms with E-state index >= 15 is 0 Å². The third-order valence-corrected chi connectivity index (χ3v) is 3.76. The highest BCUT2D eigenvalue weighted by molar-refractivity contribution is 7.87. The second-order valence-electron chi connectivity index (χ2n) is 3.18. The maximum absolute atomic E-state index is 13.1. The van der Waals surface area contributed by atoms with Crippen LogP contribution >= 0.6 is 0 Å². The Kier molecular flexibility index (Phi) is 3.76. The normalized spacial score (nSPS) is 20.6. The molecule has 0 fully saturated rings. The van der Waals surface area contributed by atoms with E-state index in [1.807, 2.05) is 13.8 Å². The average Bonchev–Trinajstić information content (AvgIpc) is 2.49. The van der Waals surface area contributed by atoms with Crippen LogP contribution in [0.25, 0.3) is 0 Å². The summed E-state index contributed by atoms with van der Waals surface area (Å²) >= 11 is 0. The van der Waals surface area contributed by atoms with Gasteiger partial charge in [0.15, 0.2) is 0 Å². The highest BCUT2D eigenvalue weighted by Gasteiger charge is 2.56. The summed E-state index contributed by atoms with van der Waals surface area (Å²) < 4.78 is 50.6. The molecule has 6 heteroatoms. The number of halogens is 3. The lowest BCUT2D eigenvalue weighted by atomic mass is 10.1. The van der Waals surface area contributed by atoms with Gasteiger partial charge in [0.1, 0.15) is 16.6 Å². The van der Waals surface area contributed by atoms with Crippen molar-refractivity contribution in [1.82, 2.24) is 0 Å². The molecule has 0 saturated carbocycles. The molecule has 0 aliphatic carbocycles. The zero-order valence-electron chi connectivity index (χ0n) is 9.51. The second kappa shape index (κ2) is 4.60. The van der Waals surface area contributed by atoms with Crippen molar-refractivity contribution in [2.45, 2.75) is 30.9 Å². The molecule has 1 atom stereocenters. The van der Waals surface area contributed by atoms with Crippen molar-refractivity contribution in [1.29, 1.82) is 0 Å². The average molecular weight is 264 g/mol. The van der Waals surface area contributed by atoms with Crippen molar-refractivity contribution in [3.8, 4) is 0 Å². The number of fused-ring (bicyclic) bond motifs is 1. The van der Waals surface area contributed by atoms with E-state index < -0.39 is 33.2 Å². The molecule has 0 N–H and O–H groups in total. The monoisotopic (exact) mass is 264 g/mol. The lowest BCUT2D eigenvalue weighted by Crippen LogP contribution is -2.26. The van der Waals surface area contributed by atoms with E-state index in [4.69, 9.17) is 0 Å². The Morgan fingerprint density at radius 1 is 1.24 bits per heavy atom. The molecule has 0 radical (unpaired) electrons. The number of hydrogen-bond donors (Lipinski definition) is 0. The van der Waals surface area contributed by atoms with Crippen LogP contribution in [0.4, 0.5) is 13.2 Å². The molecule has 1 aliphatic rings. The SMILES string of the molecule is CC.Cc1ccc(F)c2c1S(=O)C(F)(F)C2=O. The summed E-state index contributed by atoms with van der Waals surface area (Å²) in [4.78, 5) is 10.7. The van der Waals surface area contributed by atoms with Crippen molar-refractivity contribution in [2.24, 2.45) is 0 Å². The summed E-state index contributed by atoms with van der Waals surface area (Å²) in [6, 6.07) is 2.14. The summed E-state index contributed by atoms with van der Waals surface area (Å²) in [7, 11) is -2.78. The molecule has 1 aromatic rings. The van der Waals surface area contributed by atoms with Crippen molar-refractivity contribution in [3.05, 3.63) is 29.1 Å². The second-order valence-corrected chi connectivity index (χ2v) is 4.64. The Morgan fingerprint density at radius 3 is 2.24 bits per heavy atom. The van der Waals surface area contributed by atoms with Crippen LogP contribution in [0, 0.1) is 12.7 Å². The number of aryl methyl sites for hydroxylation is 1. The van der Waals surface area contributed by atoms with Crippen molar-refractivity contribution in [2.75, 3.05) is 0 Å². The number of alkyl halides is 2. The fourth-order valence-electron chi connectivity index (χ4n) is 1.47. The van der Waals surface area contributed by atoms with Crippen molar-refractivity contribution in [3.63, 3.8) is 0 Å². The minimum Gasteiger partial charge on any atom is -0.286 e. The molecule has 0 bridgehead atoms. The van der Waals surface area contributed by atoms with Gasteiger partial charge in [0, 0.05) is 0 Å². The van der Waals surface area contributed by atoms with Crippen LogP contribution in [0.1, 0.15) is 29.8 Å². The molecule has 1 heterocycles. The van der Waals surface area contributed by atoms with Gasteiger partial charge in [-0.1, -0.05) is 19.9 Å². The lowest BCUT2D eigenvalue weighted by molar-refractivity contribution is 0.0562. The van der Waals surface area contributed by atoms with E-state index in [0.717, 1.165) is 6.07 Å². The highest BCUT2D eigenvalue weighted by atomic mass is 32.2. The summed E-state index contributed by atoms with van der Waals surface area (Å²) in [5.74, 6) is -2.75. The van der Waals surface area contributed by atoms with Crippen LogP contribution < -0.4 is 0 Å². The predicted molar refractivity (Wildman–Crippen MR) is 58.2 cm³/mol. The van der Waals surface area contributed by atoms with Gasteiger partial charge in [0.2, 0.25) is 5.78 Å². The number of hydrogen-bond acceptors (Lipinski definition) is 2. The van der Waals surface area contributed by atoms with Crippen molar-refractivity contribution >= 4 is 16.6 Å². The first-order chi connectivity index (χ1) is 7.87. The zero-order valence-corrected chi connectivity index (χ0v) is 10.3. The van der Waals surface area contributed by atoms with Gasteiger partial charge in [-0.25, -0.2) is 8.60 Å². The van der Waals surface area contributed by atoms with E-state index in [9.17, 15) is 22.2 Å². The minimum atomic E-state index is -4.00. The summed E-state index contributed by atoms with van der Waals surface area (Å²) in [5, 5.41) is -4.00. The molecule has 1 aliphatic heterocycles. The third kappa shape index (κ3) is 1.90. The number of ketones is 1. The number of Topliss-reactive ketones (excluding diaryl/α,β-unsaturated/α-hetero) is 1. The van der Waals surface area contributed by atoms with Gasteiger partial charge in [0.05, 0.1) is 10.5 Å². The van der Waals surface area contributed by atoms with Gasteiger partial charge in [-0.2, -0.15) is 8.78 Å². The van der Waals surface area contributed by atoms with Crippen LogP contribution in [0.3, 0.4) is 0 Å². The molecular formula is C11H11F3O2S. The van der Waals surface area contributed by atoms with Crippen LogP contribution in [0.5, 0.6) is 0 Å². The van der Waals surface area contributed by atoms with Crippen LogP contribution in [-0.4, -0.2) is 15.2 Å². The quantitative estimate of drug-likeness (QED) is 0.721. The molecule has 17 heavy (non-hydrogen) atoms. The van der Waals surface area contributed by atoms with Crippen LogP contribution in [0.2, 0.25) is 0 Å². The molecule has 2 nitrogen and oxygen atoms in total. The Bertz CT molecular complexity index is 455. The van der Waals surface area contributed by atoms with Gasteiger partial charge in [-0.15, -0.1) is 0 Å². The van der Waals surface area contributed by atoms with E-state index in [0.29, 0.717) is 0 Å². The Hall–Kier alpha value is -1.17. The van der Waals surface area contributed by atoms with Gasteiger partial charge >= 0.3 is 5.25 Å². The fraction of sp³-hybridized carbons (Fsp3) is 0.364. The Labute approximate surface area is 99.3 Å². The first-order valence-electron chi connectivity index (χ1n) is 5.01.